The largest absolute Gasteiger partial charge is 0.466 e. The van der Waals surface area contributed by atoms with Gasteiger partial charge in [0, 0.05) is 18.1 Å². The van der Waals surface area contributed by atoms with Gasteiger partial charge in [0.25, 0.3) is 0 Å². The average Bonchev–Trinajstić information content (AvgIpc) is 2.48. The van der Waals surface area contributed by atoms with Gasteiger partial charge in [-0.25, -0.2) is 0 Å². The van der Waals surface area contributed by atoms with Gasteiger partial charge in [0.1, 0.15) is 11.5 Å². The molecule has 0 radical (unpaired) electrons. The predicted octanol–water partition coefficient (Wildman–Crippen LogP) is 3.31. The van der Waals surface area contributed by atoms with Crippen molar-refractivity contribution in [1.82, 2.24) is 0 Å². The van der Waals surface area contributed by atoms with Crippen LogP contribution < -0.4 is 0 Å². The highest BCUT2D eigenvalue weighted by atomic mass is 32.2. The van der Waals surface area contributed by atoms with Crippen molar-refractivity contribution in [1.29, 1.82) is 0 Å². The fraction of sp³-hybridized carbons (Fsp3) is 0.600. The third-order valence-corrected chi connectivity index (χ3v) is 2.42. The minimum absolute atomic E-state index is 0.507. The maximum absolute atomic E-state index is 5.63. The fourth-order valence-electron chi connectivity index (χ4n) is 1.04. The number of thioether (sulfide) groups is 1. The van der Waals surface area contributed by atoms with Crippen molar-refractivity contribution >= 4 is 11.8 Å². The van der Waals surface area contributed by atoms with Gasteiger partial charge in [-0.3, -0.25) is 0 Å². The summed E-state index contributed by atoms with van der Waals surface area (Å²) in [6.45, 7) is 4.30. The Bertz CT molecular complexity index is 227. The summed E-state index contributed by atoms with van der Waals surface area (Å²) >= 11 is 1.85. The second-order valence-corrected chi connectivity index (χ2v) is 4.19. The van der Waals surface area contributed by atoms with Crippen molar-refractivity contribution in [2.75, 3.05) is 12.0 Å². The van der Waals surface area contributed by atoms with Crippen molar-refractivity contribution in [2.24, 2.45) is 0 Å². The van der Waals surface area contributed by atoms with E-state index < -0.39 is 0 Å². The molecule has 0 saturated heterocycles. The van der Waals surface area contributed by atoms with E-state index in [2.05, 4.69) is 32.2 Å². The Kier molecular flexibility index (Phi) is 3.73. The zero-order valence-corrected chi connectivity index (χ0v) is 8.78. The molecule has 1 aromatic heterocycles. The second-order valence-electron chi connectivity index (χ2n) is 3.20. The first-order valence-electron chi connectivity index (χ1n) is 4.31. The van der Waals surface area contributed by atoms with Gasteiger partial charge in [-0.15, -0.1) is 0 Å². The van der Waals surface area contributed by atoms with Gasteiger partial charge in [0.15, 0.2) is 0 Å². The standard InChI is InChI=1S/C10H16OS/c1-8(2)10-5-4-9(11-10)6-7-12-3/h4-5,8H,6-7H2,1-3H3. The summed E-state index contributed by atoms with van der Waals surface area (Å²) in [5.74, 6) is 3.87. The molecule has 1 aromatic rings. The molecule has 0 aliphatic carbocycles. The molecule has 0 aliphatic heterocycles. The lowest BCUT2D eigenvalue weighted by molar-refractivity contribution is 0.452. The molecule has 0 unspecified atom stereocenters. The second kappa shape index (κ2) is 4.61. The topological polar surface area (TPSA) is 13.1 Å². The lowest BCUT2D eigenvalue weighted by Crippen LogP contribution is -1.85. The lowest BCUT2D eigenvalue weighted by Gasteiger charge is -1.98. The van der Waals surface area contributed by atoms with Crippen LogP contribution in [0.4, 0.5) is 0 Å². The molecule has 1 nitrogen and oxygen atoms in total. The third-order valence-electron chi connectivity index (χ3n) is 1.80. The Hall–Kier alpha value is -0.370. The zero-order chi connectivity index (χ0) is 8.97. The molecule has 0 amide bonds. The van der Waals surface area contributed by atoms with Crippen molar-refractivity contribution in [2.45, 2.75) is 26.2 Å². The average molecular weight is 184 g/mol. The van der Waals surface area contributed by atoms with E-state index in [-0.39, 0.29) is 0 Å². The Morgan fingerprint density at radius 1 is 1.42 bits per heavy atom. The summed E-state index contributed by atoms with van der Waals surface area (Å²) in [7, 11) is 0. The van der Waals surface area contributed by atoms with E-state index in [0.717, 1.165) is 23.7 Å². The molecule has 0 bridgehead atoms. The summed E-state index contributed by atoms with van der Waals surface area (Å²) in [5, 5.41) is 0. The molecule has 0 fully saturated rings. The Morgan fingerprint density at radius 2 is 2.17 bits per heavy atom. The molecule has 0 N–H and O–H groups in total. The monoisotopic (exact) mass is 184 g/mol. The summed E-state index contributed by atoms with van der Waals surface area (Å²) in [5.41, 5.74) is 0. The van der Waals surface area contributed by atoms with Crippen LogP contribution in [0.25, 0.3) is 0 Å². The van der Waals surface area contributed by atoms with E-state index in [1.165, 1.54) is 0 Å². The maximum Gasteiger partial charge on any atom is 0.106 e. The minimum Gasteiger partial charge on any atom is -0.466 e. The van der Waals surface area contributed by atoms with Gasteiger partial charge in [-0.1, -0.05) is 13.8 Å². The lowest BCUT2D eigenvalue weighted by atomic mass is 10.2. The normalized spacial score (nSPS) is 11.0. The molecule has 0 spiro atoms. The van der Waals surface area contributed by atoms with E-state index in [0.29, 0.717) is 5.92 Å². The number of rotatable bonds is 4. The first-order chi connectivity index (χ1) is 5.74. The zero-order valence-electron chi connectivity index (χ0n) is 7.96. The van der Waals surface area contributed by atoms with E-state index in [1.807, 2.05) is 11.8 Å². The molecular formula is C10H16OS. The van der Waals surface area contributed by atoms with Crippen LogP contribution >= 0.6 is 11.8 Å². The summed E-state index contributed by atoms with van der Waals surface area (Å²) in [6, 6.07) is 4.17. The maximum atomic E-state index is 5.63. The van der Waals surface area contributed by atoms with Crippen molar-refractivity contribution in [3.63, 3.8) is 0 Å². The molecule has 1 heterocycles. The van der Waals surface area contributed by atoms with Gasteiger partial charge in [-0.2, -0.15) is 11.8 Å². The number of furan rings is 1. The summed E-state index contributed by atoms with van der Waals surface area (Å²) in [4.78, 5) is 0. The third kappa shape index (κ3) is 2.59. The van der Waals surface area contributed by atoms with E-state index in [9.17, 15) is 0 Å². The van der Waals surface area contributed by atoms with Gasteiger partial charge >= 0.3 is 0 Å². The van der Waals surface area contributed by atoms with Crippen LogP contribution in [0, 0.1) is 0 Å². The molecule has 68 valence electrons. The number of aryl methyl sites for hydroxylation is 1. The number of hydrogen-bond donors (Lipinski definition) is 0. The fourth-order valence-corrected chi connectivity index (χ4v) is 1.45. The Morgan fingerprint density at radius 3 is 2.67 bits per heavy atom. The molecule has 0 aromatic carbocycles. The molecule has 0 aliphatic rings. The van der Waals surface area contributed by atoms with Crippen molar-refractivity contribution in [3.05, 3.63) is 23.7 Å². The first-order valence-corrected chi connectivity index (χ1v) is 5.71. The SMILES string of the molecule is CSCCc1ccc(C(C)C)o1. The molecule has 0 saturated carbocycles. The van der Waals surface area contributed by atoms with Crippen LogP contribution in [0.5, 0.6) is 0 Å². The highest BCUT2D eigenvalue weighted by Crippen LogP contribution is 2.18. The molecule has 2 heteroatoms. The molecule has 12 heavy (non-hydrogen) atoms. The predicted molar refractivity (Wildman–Crippen MR) is 54.9 cm³/mol. The van der Waals surface area contributed by atoms with Crippen LogP contribution in [-0.4, -0.2) is 12.0 Å². The highest BCUT2D eigenvalue weighted by molar-refractivity contribution is 7.98. The van der Waals surface area contributed by atoms with Crippen molar-refractivity contribution < 1.29 is 4.42 Å². The van der Waals surface area contributed by atoms with Crippen LogP contribution in [0.3, 0.4) is 0 Å². The number of hydrogen-bond acceptors (Lipinski definition) is 2. The van der Waals surface area contributed by atoms with Gasteiger partial charge < -0.3 is 4.42 Å². The summed E-state index contributed by atoms with van der Waals surface area (Å²) in [6.07, 6.45) is 3.17. The minimum atomic E-state index is 0.507. The van der Waals surface area contributed by atoms with Gasteiger partial charge in [0.05, 0.1) is 0 Å². The van der Waals surface area contributed by atoms with Crippen molar-refractivity contribution in [3.8, 4) is 0 Å². The van der Waals surface area contributed by atoms with E-state index in [4.69, 9.17) is 4.42 Å². The van der Waals surface area contributed by atoms with E-state index in [1.54, 1.807) is 0 Å². The summed E-state index contributed by atoms with van der Waals surface area (Å²) < 4.78 is 5.63. The Balaban J connectivity index is 2.52. The van der Waals surface area contributed by atoms with Gasteiger partial charge in [0.2, 0.25) is 0 Å². The van der Waals surface area contributed by atoms with Crippen LogP contribution in [0.2, 0.25) is 0 Å². The molecular weight excluding hydrogens is 168 g/mol. The smallest absolute Gasteiger partial charge is 0.106 e. The van der Waals surface area contributed by atoms with Crippen LogP contribution in [-0.2, 0) is 6.42 Å². The van der Waals surface area contributed by atoms with Gasteiger partial charge in [-0.05, 0) is 18.4 Å². The first kappa shape index (κ1) is 9.72. The van der Waals surface area contributed by atoms with E-state index >= 15 is 0 Å². The molecule has 1 rings (SSSR count). The highest BCUT2D eigenvalue weighted by Gasteiger charge is 2.04. The molecule has 0 atom stereocenters. The quantitative estimate of drug-likeness (QED) is 0.712. The van der Waals surface area contributed by atoms with Crippen LogP contribution in [0.15, 0.2) is 16.5 Å². The Labute approximate surface area is 78.5 Å². The van der Waals surface area contributed by atoms with Crippen LogP contribution in [0.1, 0.15) is 31.3 Å².